The summed E-state index contributed by atoms with van der Waals surface area (Å²) in [6.07, 6.45) is 6.38. The van der Waals surface area contributed by atoms with Crippen molar-refractivity contribution in [2.45, 2.75) is 38.0 Å². The number of nitrogens with two attached hydrogens (primary N) is 1. The van der Waals surface area contributed by atoms with Crippen LogP contribution in [0.3, 0.4) is 0 Å². The van der Waals surface area contributed by atoms with E-state index in [1.807, 2.05) is 23.9 Å². The third-order valence-corrected chi connectivity index (χ3v) is 4.49. The van der Waals surface area contributed by atoms with E-state index in [0.717, 1.165) is 22.7 Å². The molecule has 4 nitrogen and oxygen atoms in total. The molecule has 0 bridgehead atoms. The highest BCUT2D eigenvalue weighted by Gasteiger charge is 2.24. The van der Waals surface area contributed by atoms with Crippen LogP contribution in [0.1, 0.15) is 43.7 Å². The largest absolute Gasteiger partial charge is 0.497 e. The summed E-state index contributed by atoms with van der Waals surface area (Å²) in [4.78, 5) is 0. The minimum atomic E-state index is 0.541. The molecule has 2 N–H and O–H groups in total. The van der Waals surface area contributed by atoms with Crippen LogP contribution in [0.15, 0.2) is 24.3 Å². The van der Waals surface area contributed by atoms with Crippen molar-refractivity contribution in [3.8, 4) is 16.9 Å². The maximum Gasteiger partial charge on any atom is 0.129 e. The van der Waals surface area contributed by atoms with Gasteiger partial charge < -0.3 is 10.5 Å². The van der Waals surface area contributed by atoms with Gasteiger partial charge in [-0.3, -0.25) is 4.68 Å². The van der Waals surface area contributed by atoms with Crippen LogP contribution >= 0.6 is 0 Å². The Morgan fingerprint density at radius 3 is 2.43 bits per heavy atom. The Kier molecular flexibility index (Phi) is 3.86. The number of hydrogen-bond acceptors (Lipinski definition) is 3. The summed E-state index contributed by atoms with van der Waals surface area (Å²) in [6, 6.07) is 8.09. The Bertz CT molecular complexity index is 610. The molecule has 1 saturated carbocycles. The molecule has 1 heterocycles. The molecule has 2 aromatic rings. The fourth-order valence-electron chi connectivity index (χ4n) is 3.27. The van der Waals surface area contributed by atoms with Crippen molar-refractivity contribution in [2.24, 2.45) is 7.05 Å². The third-order valence-electron chi connectivity index (χ3n) is 4.49. The van der Waals surface area contributed by atoms with Gasteiger partial charge in [-0.2, -0.15) is 5.10 Å². The molecule has 0 amide bonds. The van der Waals surface area contributed by atoms with Crippen LogP contribution in [0.2, 0.25) is 0 Å². The number of benzene rings is 1. The predicted molar refractivity (Wildman–Crippen MR) is 85.4 cm³/mol. The highest BCUT2D eigenvalue weighted by atomic mass is 16.5. The van der Waals surface area contributed by atoms with Crippen LogP contribution in [0.25, 0.3) is 11.1 Å². The number of nitrogens with zero attached hydrogens (tertiary/aromatic N) is 2. The topological polar surface area (TPSA) is 53.1 Å². The molecular formula is C17H23N3O. The molecule has 4 heteroatoms. The summed E-state index contributed by atoms with van der Waals surface area (Å²) in [5, 5.41) is 4.71. The molecule has 0 spiro atoms. The van der Waals surface area contributed by atoms with Crippen molar-refractivity contribution >= 4 is 5.82 Å². The molecule has 0 atom stereocenters. The summed E-state index contributed by atoms with van der Waals surface area (Å²) in [7, 11) is 3.61. The van der Waals surface area contributed by atoms with Crippen LogP contribution < -0.4 is 10.5 Å². The highest BCUT2D eigenvalue weighted by molar-refractivity contribution is 5.77. The van der Waals surface area contributed by atoms with Crippen LogP contribution in [-0.4, -0.2) is 16.9 Å². The van der Waals surface area contributed by atoms with Crippen LogP contribution in [0.5, 0.6) is 5.75 Å². The standard InChI is InChI=1S/C17H23N3O/c1-20-17(18)15(12-8-10-14(21-2)11-9-12)16(19-20)13-6-4-3-5-7-13/h8-11,13H,3-7,18H2,1-2H3. The first-order valence-corrected chi connectivity index (χ1v) is 7.67. The molecule has 0 saturated heterocycles. The minimum absolute atomic E-state index is 0.541. The van der Waals surface area contributed by atoms with Crippen molar-refractivity contribution in [3.63, 3.8) is 0 Å². The van der Waals surface area contributed by atoms with E-state index in [2.05, 4.69) is 12.1 Å². The number of aromatic nitrogens is 2. The molecule has 1 aromatic carbocycles. The van der Waals surface area contributed by atoms with Gasteiger partial charge in [0.05, 0.1) is 12.8 Å². The van der Waals surface area contributed by atoms with Gasteiger partial charge in [-0.25, -0.2) is 0 Å². The number of ether oxygens (including phenoxy) is 1. The maximum atomic E-state index is 6.28. The number of anilines is 1. The normalized spacial score (nSPS) is 16.1. The fraction of sp³-hybridized carbons (Fsp3) is 0.471. The van der Waals surface area contributed by atoms with Crippen LogP contribution in [0.4, 0.5) is 5.82 Å². The fourth-order valence-corrected chi connectivity index (χ4v) is 3.27. The molecule has 1 fully saturated rings. The molecule has 0 aliphatic heterocycles. The van der Waals surface area contributed by atoms with Crippen molar-refractivity contribution in [2.75, 3.05) is 12.8 Å². The number of methoxy groups -OCH3 is 1. The average molecular weight is 285 g/mol. The zero-order chi connectivity index (χ0) is 14.8. The van der Waals surface area contributed by atoms with E-state index in [1.54, 1.807) is 7.11 Å². The Morgan fingerprint density at radius 1 is 1.14 bits per heavy atom. The third kappa shape index (κ3) is 2.62. The molecule has 1 aliphatic carbocycles. The number of hydrogen-bond donors (Lipinski definition) is 1. The van der Waals surface area contributed by atoms with Crippen molar-refractivity contribution < 1.29 is 4.74 Å². The van der Waals surface area contributed by atoms with E-state index >= 15 is 0 Å². The van der Waals surface area contributed by atoms with Crippen molar-refractivity contribution in [3.05, 3.63) is 30.0 Å². The van der Waals surface area contributed by atoms with Crippen LogP contribution in [0, 0.1) is 0 Å². The van der Waals surface area contributed by atoms with Gasteiger partial charge in [-0.1, -0.05) is 31.4 Å². The lowest BCUT2D eigenvalue weighted by molar-refractivity contribution is 0.415. The van der Waals surface area contributed by atoms with Gasteiger partial charge in [0.25, 0.3) is 0 Å². The van der Waals surface area contributed by atoms with Gasteiger partial charge in [-0.05, 0) is 30.5 Å². The first-order chi connectivity index (χ1) is 10.2. The number of aryl methyl sites for hydroxylation is 1. The second kappa shape index (κ2) is 5.80. The van der Waals surface area contributed by atoms with Gasteiger partial charge in [0.1, 0.15) is 11.6 Å². The summed E-state index contributed by atoms with van der Waals surface area (Å²) < 4.78 is 7.04. The van der Waals surface area contributed by atoms with E-state index in [9.17, 15) is 0 Å². The number of nitrogen functional groups attached to an aromatic ring is 1. The lowest BCUT2D eigenvalue weighted by atomic mass is 9.84. The summed E-state index contributed by atoms with van der Waals surface area (Å²) in [5.41, 5.74) is 9.68. The predicted octanol–water partition coefficient (Wildman–Crippen LogP) is 3.73. The summed E-state index contributed by atoms with van der Waals surface area (Å²) in [6.45, 7) is 0. The van der Waals surface area contributed by atoms with E-state index in [1.165, 1.54) is 37.8 Å². The van der Waals surface area contributed by atoms with E-state index < -0.39 is 0 Å². The first kappa shape index (κ1) is 14.0. The van der Waals surface area contributed by atoms with E-state index in [-0.39, 0.29) is 0 Å². The van der Waals surface area contributed by atoms with Gasteiger partial charge in [-0.15, -0.1) is 0 Å². The Labute approximate surface area is 125 Å². The summed E-state index contributed by atoms with van der Waals surface area (Å²) >= 11 is 0. The molecule has 0 unspecified atom stereocenters. The molecule has 0 radical (unpaired) electrons. The van der Waals surface area contributed by atoms with Crippen molar-refractivity contribution in [1.29, 1.82) is 0 Å². The molecule has 1 aromatic heterocycles. The first-order valence-electron chi connectivity index (χ1n) is 7.67. The number of rotatable bonds is 3. The smallest absolute Gasteiger partial charge is 0.129 e. The van der Waals surface area contributed by atoms with E-state index in [0.29, 0.717) is 5.92 Å². The molecule has 3 rings (SSSR count). The summed E-state index contributed by atoms with van der Waals surface area (Å²) in [5.74, 6) is 2.15. The lowest BCUT2D eigenvalue weighted by Crippen LogP contribution is -2.06. The van der Waals surface area contributed by atoms with Gasteiger partial charge >= 0.3 is 0 Å². The molecular weight excluding hydrogens is 262 g/mol. The van der Waals surface area contributed by atoms with Crippen LogP contribution in [-0.2, 0) is 7.05 Å². The maximum absolute atomic E-state index is 6.28. The molecule has 21 heavy (non-hydrogen) atoms. The average Bonchev–Trinajstić information content (AvgIpc) is 2.84. The second-order valence-electron chi connectivity index (χ2n) is 5.83. The van der Waals surface area contributed by atoms with Gasteiger partial charge in [0.15, 0.2) is 0 Å². The van der Waals surface area contributed by atoms with E-state index in [4.69, 9.17) is 15.6 Å². The zero-order valence-corrected chi connectivity index (χ0v) is 12.8. The zero-order valence-electron chi connectivity index (χ0n) is 12.8. The molecule has 1 aliphatic rings. The van der Waals surface area contributed by atoms with Gasteiger partial charge in [0.2, 0.25) is 0 Å². The second-order valence-corrected chi connectivity index (χ2v) is 5.83. The Morgan fingerprint density at radius 2 is 1.81 bits per heavy atom. The Hall–Kier alpha value is -1.97. The monoisotopic (exact) mass is 285 g/mol. The van der Waals surface area contributed by atoms with Crippen molar-refractivity contribution in [1.82, 2.24) is 9.78 Å². The quantitative estimate of drug-likeness (QED) is 0.935. The highest BCUT2D eigenvalue weighted by Crippen LogP contribution is 2.40. The Balaban J connectivity index is 2.03. The van der Waals surface area contributed by atoms with Gasteiger partial charge in [0, 0.05) is 18.5 Å². The lowest BCUT2D eigenvalue weighted by Gasteiger charge is -2.21. The minimum Gasteiger partial charge on any atom is -0.497 e. The molecule has 112 valence electrons. The SMILES string of the molecule is COc1ccc(-c2c(C3CCCCC3)nn(C)c2N)cc1.